The van der Waals surface area contributed by atoms with Crippen LogP contribution < -0.4 is 5.73 Å². The minimum atomic E-state index is -0.569. The molecule has 0 unspecified atom stereocenters. The molecule has 7 heteroatoms. The summed E-state index contributed by atoms with van der Waals surface area (Å²) in [7, 11) is 1.57. The Labute approximate surface area is 123 Å². The standard InChI is InChI=1S/C14H21N3O4/c1-10(2)9-16(6-7-21-3)14(18)11-4-5-13(17(19)20)12(15)8-11/h4-5,8,10H,6-7,9,15H2,1-3H3. The predicted molar refractivity (Wildman–Crippen MR) is 80.1 cm³/mol. The molecule has 0 heterocycles. The first-order valence-electron chi connectivity index (χ1n) is 6.69. The molecule has 0 atom stereocenters. The summed E-state index contributed by atoms with van der Waals surface area (Å²) >= 11 is 0. The van der Waals surface area contributed by atoms with Crippen LogP contribution in [0.1, 0.15) is 24.2 Å². The molecule has 2 N–H and O–H groups in total. The summed E-state index contributed by atoms with van der Waals surface area (Å²) in [5.41, 5.74) is 5.76. The Morgan fingerprint density at radius 2 is 2.14 bits per heavy atom. The van der Waals surface area contributed by atoms with Gasteiger partial charge in [-0.25, -0.2) is 0 Å². The molecule has 1 aromatic carbocycles. The summed E-state index contributed by atoms with van der Waals surface area (Å²) in [4.78, 5) is 24.3. The summed E-state index contributed by atoms with van der Waals surface area (Å²) in [5.74, 6) is 0.101. The maximum absolute atomic E-state index is 12.5. The number of nitro benzene ring substituents is 1. The number of nitrogen functional groups attached to an aromatic ring is 1. The molecule has 0 aliphatic rings. The highest BCUT2D eigenvalue weighted by Gasteiger charge is 2.19. The number of benzene rings is 1. The number of rotatable bonds is 7. The summed E-state index contributed by atoms with van der Waals surface area (Å²) in [6.45, 7) is 5.50. The summed E-state index contributed by atoms with van der Waals surface area (Å²) in [6, 6.07) is 4.03. The SMILES string of the molecule is COCCN(CC(C)C)C(=O)c1ccc([N+](=O)[O-])c(N)c1. The van der Waals surface area contributed by atoms with E-state index in [4.69, 9.17) is 10.5 Å². The summed E-state index contributed by atoms with van der Waals surface area (Å²) in [5, 5.41) is 10.7. The third kappa shape index (κ3) is 4.71. The van der Waals surface area contributed by atoms with Crippen LogP contribution in [0.5, 0.6) is 0 Å². The predicted octanol–water partition coefficient (Wildman–Crippen LogP) is 1.92. The smallest absolute Gasteiger partial charge is 0.292 e. The third-order valence-electron chi connectivity index (χ3n) is 2.91. The molecule has 0 radical (unpaired) electrons. The minimum absolute atomic E-state index is 0.0120. The molecule has 0 fully saturated rings. The van der Waals surface area contributed by atoms with Crippen molar-refractivity contribution in [2.75, 3.05) is 32.5 Å². The van der Waals surface area contributed by atoms with Gasteiger partial charge in [0.15, 0.2) is 0 Å². The van der Waals surface area contributed by atoms with Gasteiger partial charge >= 0.3 is 0 Å². The fourth-order valence-corrected chi connectivity index (χ4v) is 1.95. The van der Waals surface area contributed by atoms with Gasteiger partial charge in [-0.2, -0.15) is 0 Å². The monoisotopic (exact) mass is 295 g/mol. The largest absolute Gasteiger partial charge is 0.393 e. The van der Waals surface area contributed by atoms with Crippen LogP contribution in [0.25, 0.3) is 0 Å². The van der Waals surface area contributed by atoms with Crippen molar-refractivity contribution in [1.82, 2.24) is 4.90 Å². The first-order chi connectivity index (χ1) is 9.86. The zero-order valence-electron chi connectivity index (χ0n) is 12.5. The number of nitro groups is 1. The molecule has 21 heavy (non-hydrogen) atoms. The number of nitrogens with two attached hydrogens (primary N) is 1. The molecule has 1 aromatic rings. The second kappa shape index (κ2) is 7.58. The number of methoxy groups -OCH3 is 1. The Bertz CT molecular complexity index is 517. The van der Waals surface area contributed by atoms with Crippen molar-refractivity contribution in [3.05, 3.63) is 33.9 Å². The molecule has 1 rings (SSSR count). The van der Waals surface area contributed by atoms with Crippen molar-refractivity contribution in [2.24, 2.45) is 5.92 Å². The van der Waals surface area contributed by atoms with Gasteiger partial charge in [-0.1, -0.05) is 13.8 Å². The highest BCUT2D eigenvalue weighted by Crippen LogP contribution is 2.23. The fraction of sp³-hybridized carbons (Fsp3) is 0.500. The van der Waals surface area contributed by atoms with Crippen molar-refractivity contribution in [1.29, 1.82) is 0 Å². The highest BCUT2D eigenvalue weighted by atomic mass is 16.6. The van der Waals surface area contributed by atoms with E-state index >= 15 is 0 Å². The Morgan fingerprint density at radius 3 is 2.62 bits per heavy atom. The number of ether oxygens (including phenoxy) is 1. The van der Waals surface area contributed by atoms with Crippen LogP contribution in [0.4, 0.5) is 11.4 Å². The Morgan fingerprint density at radius 1 is 1.48 bits per heavy atom. The van der Waals surface area contributed by atoms with Gasteiger partial charge in [-0.3, -0.25) is 14.9 Å². The van der Waals surface area contributed by atoms with Crippen molar-refractivity contribution in [3.8, 4) is 0 Å². The number of anilines is 1. The zero-order chi connectivity index (χ0) is 16.0. The van der Waals surface area contributed by atoms with E-state index in [2.05, 4.69) is 0 Å². The Hall–Kier alpha value is -2.15. The number of amides is 1. The number of hydrogen-bond acceptors (Lipinski definition) is 5. The van der Waals surface area contributed by atoms with E-state index < -0.39 is 4.92 Å². The van der Waals surface area contributed by atoms with E-state index in [0.29, 0.717) is 31.2 Å². The molecule has 7 nitrogen and oxygen atoms in total. The highest BCUT2D eigenvalue weighted by molar-refractivity contribution is 5.95. The van der Waals surface area contributed by atoms with Gasteiger partial charge in [0.1, 0.15) is 5.69 Å². The van der Waals surface area contributed by atoms with E-state index in [1.54, 1.807) is 12.0 Å². The molecule has 0 aliphatic carbocycles. The van der Waals surface area contributed by atoms with Gasteiger partial charge in [0, 0.05) is 31.8 Å². The number of carbonyl (C=O) groups is 1. The van der Waals surface area contributed by atoms with Gasteiger partial charge in [-0.15, -0.1) is 0 Å². The lowest BCUT2D eigenvalue weighted by atomic mass is 10.1. The van der Waals surface area contributed by atoms with Crippen molar-refractivity contribution >= 4 is 17.3 Å². The zero-order valence-corrected chi connectivity index (χ0v) is 12.5. The molecular formula is C14H21N3O4. The van der Waals surface area contributed by atoms with Gasteiger partial charge in [0.2, 0.25) is 0 Å². The van der Waals surface area contributed by atoms with Gasteiger partial charge in [0.25, 0.3) is 11.6 Å². The van der Waals surface area contributed by atoms with Crippen LogP contribution in [-0.2, 0) is 4.74 Å². The van der Waals surface area contributed by atoms with Gasteiger partial charge in [0.05, 0.1) is 11.5 Å². The molecular weight excluding hydrogens is 274 g/mol. The maximum atomic E-state index is 12.5. The lowest BCUT2D eigenvalue weighted by Crippen LogP contribution is -2.36. The molecule has 1 amide bonds. The van der Waals surface area contributed by atoms with Crippen LogP contribution in [0.2, 0.25) is 0 Å². The van der Waals surface area contributed by atoms with Crippen molar-refractivity contribution in [3.63, 3.8) is 0 Å². The molecule has 0 aliphatic heterocycles. The normalized spacial score (nSPS) is 10.7. The van der Waals surface area contributed by atoms with Crippen LogP contribution in [0.15, 0.2) is 18.2 Å². The van der Waals surface area contributed by atoms with Crippen molar-refractivity contribution in [2.45, 2.75) is 13.8 Å². The second-order valence-corrected chi connectivity index (χ2v) is 5.17. The maximum Gasteiger partial charge on any atom is 0.292 e. The third-order valence-corrected chi connectivity index (χ3v) is 2.91. The van der Waals surface area contributed by atoms with E-state index in [0.717, 1.165) is 0 Å². The molecule has 0 spiro atoms. The van der Waals surface area contributed by atoms with Gasteiger partial charge in [-0.05, 0) is 18.1 Å². The second-order valence-electron chi connectivity index (χ2n) is 5.17. The number of carbonyl (C=O) groups excluding carboxylic acids is 1. The van der Waals surface area contributed by atoms with Crippen LogP contribution in [-0.4, -0.2) is 42.5 Å². The average molecular weight is 295 g/mol. The van der Waals surface area contributed by atoms with E-state index in [1.165, 1.54) is 18.2 Å². The Kier molecular flexibility index (Phi) is 6.10. The first kappa shape index (κ1) is 16.9. The molecule has 0 saturated heterocycles. The minimum Gasteiger partial charge on any atom is -0.393 e. The molecule has 116 valence electrons. The van der Waals surface area contributed by atoms with Crippen LogP contribution in [0.3, 0.4) is 0 Å². The van der Waals surface area contributed by atoms with Gasteiger partial charge < -0.3 is 15.4 Å². The average Bonchev–Trinajstić information content (AvgIpc) is 2.41. The molecule has 0 bridgehead atoms. The van der Waals surface area contributed by atoms with Crippen LogP contribution >= 0.6 is 0 Å². The quantitative estimate of drug-likeness (QED) is 0.470. The van der Waals surface area contributed by atoms with E-state index in [9.17, 15) is 14.9 Å². The molecule has 0 aromatic heterocycles. The summed E-state index contributed by atoms with van der Waals surface area (Å²) in [6.07, 6.45) is 0. The lowest BCUT2D eigenvalue weighted by Gasteiger charge is -2.24. The summed E-state index contributed by atoms with van der Waals surface area (Å²) < 4.78 is 5.01. The fourth-order valence-electron chi connectivity index (χ4n) is 1.95. The van der Waals surface area contributed by atoms with Crippen LogP contribution in [0, 0.1) is 16.0 Å². The van der Waals surface area contributed by atoms with E-state index in [1.807, 2.05) is 13.8 Å². The Balaban J connectivity index is 2.97. The molecule has 0 saturated carbocycles. The van der Waals surface area contributed by atoms with E-state index in [-0.39, 0.29) is 17.3 Å². The lowest BCUT2D eigenvalue weighted by molar-refractivity contribution is -0.383. The number of hydrogen-bond donors (Lipinski definition) is 1. The topological polar surface area (TPSA) is 98.7 Å². The number of nitrogens with zero attached hydrogens (tertiary/aromatic N) is 2. The van der Waals surface area contributed by atoms with Crippen molar-refractivity contribution < 1.29 is 14.5 Å². The first-order valence-corrected chi connectivity index (χ1v) is 6.69.